The molecule has 0 amide bonds. The molecule has 0 atom stereocenters. The molecule has 0 spiro atoms. The molecule has 0 aliphatic carbocycles. The van der Waals surface area contributed by atoms with Crippen LogP contribution in [0, 0.1) is 0 Å². The van der Waals surface area contributed by atoms with Crippen molar-refractivity contribution in [3.8, 4) is 5.75 Å². The van der Waals surface area contributed by atoms with Gasteiger partial charge in [0.1, 0.15) is 12.4 Å². The number of nitrogens with zero attached hydrogens (tertiary/aromatic N) is 1. The molecule has 0 saturated carbocycles. The summed E-state index contributed by atoms with van der Waals surface area (Å²) in [6, 6.07) is 7.82. The molecule has 0 radical (unpaired) electrons. The minimum absolute atomic E-state index is 0.546. The summed E-state index contributed by atoms with van der Waals surface area (Å²) in [7, 11) is 1.65. The molecule has 0 aliphatic heterocycles. The Bertz CT molecular complexity index is 519. The van der Waals surface area contributed by atoms with Gasteiger partial charge in [-0.1, -0.05) is 17.7 Å². The molecule has 0 saturated heterocycles. The van der Waals surface area contributed by atoms with E-state index in [1.54, 1.807) is 13.3 Å². The fourth-order valence-corrected chi connectivity index (χ4v) is 2.41. The third-order valence-corrected chi connectivity index (χ3v) is 3.50. The highest BCUT2D eigenvalue weighted by molar-refractivity contribution is 7.15. The zero-order valence-corrected chi connectivity index (χ0v) is 12.1. The minimum atomic E-state index is 0.546. The van der Waals surface area contributed by atoms with Crippen molar-refractivity contribution in [2.45, 2.75) is 6.54 Å². The van der Waals surface area contributed by atoms with Crippen LogP contribution in [0.1, 0.15) is 4.88 Å². The monoisotopic (exact) mass is 298 g/mol. The van der Waals surface area contributed by atoms with Crippen LogP contribution in [0.3, 0.4) is 0 Å². The molecule has 6 heteroatoms. The molecule has 1 N–H and O–H groups in total. The van der Waals surface area contributed by atoms with E-state index >= 15 is 0 Å². The summed E-state index contributed by atoms with van der Waals surface area (Å²) in [5.74, 6) is 0.824. The van der Waals surface area contributed by atoms with Crippen molar-refractivity contribution in [1.29, 1.82) is 0 Å². The highest BCUT2D eigenvalue weighted by Gasteiger charge is 2.00. The van der Waals surface area contributed by atoms with E-state index in [0.717, 1.165) is 16.3 Å². The lowest BCUT2D eigenvalue weighted by atomic mass is 10.3. The number of halogens is 1. The quantitative estimate of drug-likeness (QED) is 0.795. The van der Waals surface area contributed by atoms with Crippen LogP contribution in [0.2, 0.25) is 4.47 Å². The summed E-state index contributed by atoms with van der Waals surface area (Å²) in [5.41, 5.74) is 0.999. The average Bonchev–Trinajstić information content (AvgIpc) is 2.83. The van der Waals surface area contributed by atoms with E-state index in [1.807, 2.05) is 24.3 Å². The topological polar surface area (TPSA) is 43.4 Å². The number of thiazole rings is 1. The molecule has 0 bridgehead atoms. The van der Waals surface area contributed by atoms with Gasteiger partial charge >= 0.3 is 0 Å². The molecule has 1 heterocycles. The largest absolute Gasteiger partial charge is 0.491 e. The summed E-state index contributed by atoms with van der Waals surface area (Å²) in [6.45, 7) is 1.83. The molecular formula is C13H15ClN2O2S. The smallest absolute Gasteiger partial charge is 0.183 e. The van der Waals surface area contributed by atoms with Crippen molar-refractivity contribution < 1.29 is 9.47 Å². The van der Waals surface area contributed by atoms with E-state index in [4.69, 9.17) is 21.1 Å². The van der Waals surface area contributed by atoms with Crippen molar-refractivity contribution in [3.63, 3.8) is 0 Å². The van der Waals surface area contributed by atoms with Gasteiger partial charge in [-0.15, -0.1) is 11.3 Å². The van der Waals surface area contributed by atoms with Gasteiger partial charge in [-0.2, -0.15) is 0 Å². The maximum Gasteiger partial charge on any atom is 0.183 e. The van der Waals surface area contributed by atoms with E-state index in [1.165, 1.54) is 11.3 Å². The van der Waals surface area contributed by atoms with E-state index in [-0.39, 0.29) is 0 Å². The van der Waals surface area contributed by atoms with Crippen molar-refractivity contribution >= 4 is 28.6 Å². The Kier molecular flexibility index (Phi) is 5.44. The normalized spacial score (nSPS) is 10.4. The second-order valence-corrected chi connectivity index (χ2v) is 5.50. The number of methoxy groups -OCH3 is 1. The Hall–Kier alpha value is -1.30. The zero-order chi connectivity index (χ0) is 13.5. The van der Waals surface area contributed by atoms with Crippen LogP contribution in [0.5, 0.6) is 5.75 Å². The SMILES string of the molecule is COCCOc1cccc(NCc2cnc(Cl)s2)c1. The van der Waals surface area contributed by atoms with E-state index in [2.05, 4.69) is 10.3 Å². The molecule has 1 aromatic heterocycles. The molecule has 0 fully saturated rings. The number of ether oxygens (including phenoxy) is 2. The van der Waals surface area contributed by atoms with Gasteiger partial charge in [0, 0.05) is 29.9 Å². The maximum absolute atomic E-state index is 5.79. The predicted octanol–water partition coefficient (Wildman–Crippen LogP) is 3.43. The number of rotatable bonds is 7. The first-order valence-electron chi connectivity index (χ1n) is 5.84. The van der Waals surface area contributed by atoms with Crippen LogP contribution in [0.15, 0.2) is 30.5 Å². The summed E-state index contributed by atoms with van der Waals surface area (Å²) >= 11 is 7.26. The Labute approximate surface area is 121 Å². The van der Waals surface area contributed by atoms with Gasteiger partial charge in [0.25, 0.3) is 0 Å². The maximum atomic E-state index is 5.79. The van der Waals surface area contributed by atoms with Crippen molar-refractivity contribution in [3.05, 3.63) is 39.8 Å². The third-order valence-electron chi connectivity index (χ3n) is 2.38. The first kappa shape index (κ1) is 14.1. The molecule has 2 rings (SSSR count). The first-order chi connectivity index (χ1) is 9.28. The first-order valence-corrected chi connectivity index (χ1v) is 7.03. The number of hydrogen-bond donors (Lipinski definition) is 1. The number of benzene rings is 1. The van der Waals surface area contributed by atoms with Crippen LogP contribution in [-0.2, 0) is 11.3 Å². The van der Waals surface area contributed by atoms with Gasteiger partial charge in [-0.25, -0.2) is 4.98 Å². The lowest BCUT2D eigenvalue weighted by molar-refractivity contribution is 0.146. The van der Waals surface area contributed by atoms with Crippen LogP contribution < -0.4 is 10.1 Å². The lowest BCUT2D eigenvalue weighted by Crippen LogP contribution is -2.04. The van der Waals surface area contributed by atoms with E-state index < -0.39 is 0 Å². The second kappa shape index (κ2) is 7.33. The molecule has 102 valence electrons. The summed E-state index contributed by atoms with van der Waals surface area (Å²) in [5, 5.41) is 3.31. The molecule has 1 aromatic carbocycles. The zero-order valence-electron chi connectivity index (χ0n) is 10.6. The molecular weight excluding hydrogens is 284 g/mol. The highest BCUT2D eigenvalue weighted by Crippen LogP contribution is 2.21. The lowest BCUT2D eigenvalue weighted by Gasteiger charge is -2.08. The molecule has 0 aliphatic rings. The standard InChI is InChI=1S/C13H15ClN2O2S/c1-17-5-6-18-11-4-2-3-10(7-11)15-8-12-9-16-13(14)19-12/h2-4,7,9,15H,5-6,8H2,1H3. The predicted molar refractivity (Wildman–Crippen MR) is 78.3 cm³/mol. The van der Waals surface area contributed by atoms with Gasteiger partial charge in [0.05, 0.1) is 13.2 Å². The van der Waals surface area contributed by atoms with Gasteiger partial charge < -0.3 is 14.8 Å². The van der Waals surface area contributed by atoms with Crippen molar-refractivity contribution in [2.75, 3.05) is 25.6 Å². The van der Waals surface area contributed by atoms with Gasteiger partial charge in [-0.3, -0.25) is 0 Å². The summed E-state index contributed by atoms with van der Waals surface area (Å²) in [4.78, 5) is 5.09. The molecule has 0 unspecified atom stereocenters. The molecule has 2 aromatic rings. The van der Waals surface area contributed by atoms with Crippen molar-refractivity contribution in [2.24, 2.45) is 0 Å². The van der Waals surface area contributed by atoms with Crippen molar-refractivity contribution in [1.82, 2.24) is 4.98 Å². The molecule has 4 nitrogen and oxygen atoms in total. The van der Waals surface area contributed by atoms with Crippen LogP contribution >= 0.6 is 22.9 Å². The minimum Gasteiger partial charge on any atom is -0.491 e. The Balaban J connectivity index is 1.87. The Morgan fingerprint density at radius 1 is 1.37 bits per heavy atom. The van der Waals surface area contributed by atoms with E-state index in [0.29, 0.717) is 24.2 Å². The fraction of sp³-hybridized carbons (Fsp3) is 0.308. The van der Waals surface area contributed by atoms with Crippen LogP contribution in [-0.4, -0.2) is 25.3 Å². The Morgan fingerprint density at radius 3 is 3.00 bits per heavy atom. The fourth-order valence-electron chi connectivity index (χ4n) is 1.49. The second-order valence-electron chi connectivity index (χ2n) is 3.80. The van der Waals surface area contributed by atoms with Crippen LogP contribution in [0.4, 0.5) is 5.69 Å². The van der Waals surface area contributed by atoms with E-state index in [9.17, 15) is 0 Å². The highest BCUT2D eigenvalue weighted by atomic mass is 35.5. The van der Waals surface area contributed by atoms with Gasteiger partial charge in [-0.05, 0) is 12.1 Å². The number of nitrogens with one attached hydrogen (secondary N) is 1. The summed E-state index contributed by atoms with van der Waals surface area (Å²) < 4.78 is 11.1. The average molecular weight is 299 g/mol. The summed E-state index contributed by atoms with van der Waals surface area (Å²) in [6.07, 6.45) is 1.78. The van der Waals surface area contributed by atoms with Crippen LogP contribution in [0.25, 0.3) is 0 Å². The Morgan fingerprint density at radius 2 is 2.26 bits per heavy atom. The number of aromatic nitrogens is 1. The number of anilines is 1. The third kappa shape index (κ3) is 4.70. The van der Waals surface area contributed by atoms with Gasteiger partial charge in [0.15, 0.2) is 4.47 Å². The molecule has 19 heavy (non-hydrogen) atoms. The number of hydrogen-bond acceptors (Lipinski definition) is 5. The van der Waals surface area contributed by atoms with Gasteiger partial charge in [0.2, 0.25) is 0 Å².